The van der Waals surface area contributed by atoms with Gasteiger partial charge in [0.2, 0.25) is 5.95 Å². The van der Waals surface area contributed by atoms with Crippen LogP contribution in [0.5, 0.6) is 0 Å². The molecule has 10 aromatic rings. The summed E-state index contributed by atoms with van der Waals surface area (Å²) in [6, 6.07) is 45.7. The lowest BCUT2D eigenvalue weighted by molar-refractivity contribution is 0.955. The Morgan fingerprint density at radius 3 is 1.70 bits per heavy atom. The van der Waals surface area contributed by atoms with Crippen LogP contribution in [0.2, 0.25) is 0 Å². The highest BCUT2D eigenvalue weighted by Crippen LogP contribution is 2.51. The fourth-order valence-corrected chi connectivity index (χ4v) is 9.43. The molecule has 0 N–H and O–H groups in total. The first-order chi connectivity index (χ1) is 23.3. The second-order valence-electron chi connectivity index (χ2n) is 11.5. The van der Waals surface area contributed by atoms with Crippen molar-refractivity contribution >= 4 is 84.8 Å². The van der Waals surface area contributed by atoms with E-state index in [2.05, 4.69) is 83.4 Å². The number of benzene rings is 6. The van der Waals surface area contributed by atoms with Crippen LogP contribution < -0.4 is 0 Å². The van der Waals surface area contributed by atoms with Crippen molar-refractivity contribution < 1.29 is 0 Å². The normalized spacial score (nSPS) is 11.8. The molecule has 0 saturated carbocycles. The summed E-state index contributed by atoms with van der Waals surface area (Å²) in [7, 11) is 0. The largest absolute Gasteiger partial charge is 0.277 e. The third kappa shape index (κ3) is 3.83. The van der Waals surface area contributed by atoms with E-state index in [1.165, 1.54) is 45.7 Å². The molecule has 0 amide bonds. The van der Waals surface area contributed by atoms with Crippen LogP contribution >= 0.6 is 22.7 Å². The van der Waals surface area contributed by atoms with Gasteiger partial charge in [-0.3, -0.25) is 4.57 Å². The highest BCUT2D eigenvalue weighted by molar-refractivity contribution is 7.30. The topological polar surface area (TPSA) is 67.4 Å². The molecule has 0 radical (unpaired) electrons. The van der Waals surface area contributed by atoms with Gasteiger partial charge >= 0.3 is 0 Å². The minimum atomic E-state index is 0.554. The van der Waals surface area contributed by atoms with Crippen molar-refractivity contribution in [3.05, 3.63) is 133 Å². The number of nitriles is 1. The molecule has 0 bridgehead atoms. The lowest BCUT2D eigenvalue weighted by Gasteiger charge is -2.12. The van der Waals surface area contributed by atoms with Gasteiger partial charge in [0.25, 0.3) is 0 Å². The fourth-order valence-electron chi connectivity index (χ4n) is 6.82. The average Bonchev–Trinajstić information content (AvgIpc) is 3.81. The van der Waals surface area contributed by atoms with E-state index in [0.717, 1.165) is 27.5 Å². The summed E-state index contributed by atoms with van der Waals surface area (Å²) in [5.74, 6) is 1.70. The van der Waals surface area contributed by atoms with Crippen LogP contribution in [-0.4, -0.2) is 19.5 Å². The maximum atomic E-state index is 9.43. The Balaban J connectivity index is 1.42. The summed E-state index contributed by atoms with van der Waals surface area (Å²) >= 11 is 3.71. The maximum Gasteiger partial charge on any atom is 0.238 e. The lowest BCUT2D eigenvalue weighted by Crippen LogP contribution is -2.06. The second-order valence-corrected chi connectivity index (χ2v) is 13.6. The predicted molar refractivity (Wildman–Crippen MR) is 196 cm³/mol. The number of hydrogen-bond acceptors (Lipinski definition) is 6. The van der Waals surface area contributed by atoms with E-state index in [-0.39, 0.29) is 0 Å². The molecular formula is C40H21N5S2. The highest BCUT2D eigenvalue weighted by atomic mass is 32.1. The minimum absolute atomic E-state index is 0.554. The molecule has 5 nitrogen and oxygen atoms in total. The maximum absolute atomic E-state index is 9.43. The van der Waals surface area contributed by atoms with Crippen molar-refractivity contribution in [1.82, 2.24) is 19.5 Å². The molecule has 4 aromatic heterocycles. The van der Waals surface area contributed by atoms with Crippen molar-refractivity contribution in [1.29, 1.82) is 5.26 Å². The molecule has 0 aliphatic carbocycles. The van der Waals surface area contributed by atoms with Gasteiger partial charge in [-0.1, -0.05) is 84.9 Å². The van der Waals surface area contributed by atoms with E-state index in [0.29, 0.717) is 23.2 Å². The Morgan fingerprint density at radius 2 is 1.04 bits per heavy atom. The summed E-state index contributed by atoms with van der Waals surface area (Å²) < 4.78 is 7.33. The molecule has 0 fully saturated rings. The third-order valence-corrected chi connectivity index (χ3v) is 11.3. The third-order valence-electron chi connectivity index (χ3n) is 8.88. The van der Waals surface area contributed by atoms with E-state index in [9.17, 15) is 5.26 Å². The molecule has 7 heteroatoms. The lowest BCUT2D eigenvalue weighted by atomic mass is 10.0. The molecule has 0 saturated heterocycles. The highest BCUT2D eigenvalue weighted by Gasteiger charge is 2.25. The zero-order valence-corrected chi connectivity index (χ0v) is 26.3. The molecule has 47 heavy (non-hydrogen) atoms. The van der Waals surface area contributed by atoms with Gasteiger partial charge in [-0.2, -0.15) is 15.2 Å². The smallest absolute Gasteiger partial charge is 0.238 e. The Hall–Kier alpha value is -5.94. The van der Waals surface area contributed by atoms with E-state index in [1.807, 2.05) is 65.1 Å². The monoisotopic (exact) mass is 635 g/mol. The van der Waals surface area contributed by atoms with Gasteiger partial charge in [0.05, 0.1) is 22.7 Å². The van der Waals surface area contributed by atoms with Gasteiger partial charge in [0, 0.05) is 62.2 Å². The van der Waals surface area contributed by atoms with Gasteiger partial charge in [-0.05, 0) is 42.5 Å². The van der Waals surface area contributed by atoms with Crippen LogP contribution in [0.3, 0.4) is 0 Å². The molecule has 0 aliphatic heterocycles. The summed E-state index contributed by atoms with van der Waals surface area (Å²) in [4.78, 5) is 15.3. The first kappa shape index (κ1) is 26.3. The summed E-state index contributed by atoms with van der Waals surface area (Å²) in [6.45, 7) is 0. The van der Waals surface area contributed by atoms with Crippen LogP contribution in [0.4, 0.5) is 0 Å². The van der Waals surface area contributed by atoms with Crippen LogP contribution in [-0.2, 0) is 0 Å². The molecule has 4 heterocycles. The first-order valence-electron chi connectivity index (χ1n) is 15.3. The number of nitrogens with zero attached hydrogens (tertiary/aromatic N) is 5. The van der Waals surface area contributed by atoms with Crippen molar-refractivity contribution in [3.8, 4) is 34.8 Å². The molecule has 0 unspecified atom stereocenters. The summed E-state index contributed by atoms with van der Waals surface area (Å²) in [5, 5.41) is 16.9. The molecule has 10 rings (SSSR count). The number of fused-ring (bicyclic) bond motifs is 12. The minimum Gasteiger partial charge on any atom is -0.277 e. The Kier molecular flexibility index (Phi) is 5.61. The standard InChI is InChI=1S/C40H21N5S2/c41-22-23-18-20-25(21-19-23)39-42-38(24-10-2-1-3-11-24)43-40(44-39)45-29-15-7-4-12-26(29)32-35(45)33-27-13-5-8-16-30(27)46-37(33)34-28-14-6-9-17-31(28)47-36(32)34/h1-21H. The van der Waals surface area contributed by atoms with Crippen molar-refractivity contribution in [3.63, 3.8) is 0 Å². The van der Waals surface area contributed by atoms with Crippen molar-refractivity contribution in [2.75, 3.05) is 0 Å². The first-order valence-corrected chi connectivity index (χ1v) is 16.9. The number of aromatic nitrogens is 4. The quantitative estimate of drug-likeness (QED) is 0.194. The van der Waals surface area contributed by atoms with Gasteiger partial charge in [-0.25, -0.2) is 4.98 Å². The zero-order valence-electron chi connectivity index (χ0n) is 24.7. The predicted octanol–water partition coefficient (Wildman–Crippen LogP) is 10.9. The number of rotatable bonds is 3. The number of thiophene rings is 2. The molecule has 0 aliphatic rings. The van der Waals surface area contributed by atoms with E-state index in [1.54, 1.807) is 12.1 Å². The number of hydrogen-bond donors (Lipinski definition) is 0. The van der Waals surface area contributed by atoms with E-state index in [4.69, 9.17) is 15.0 Å². The van der Waals surface area contributed by atoms with Crippen LogP contribution in [0, 0.1) is 11.3 Å². The van der Waals surface area contributed by atoms with Crippen LogP contribution in [0.15, 0.2) is 127 Å². The second kappa shape index (κ2) is 10.0. The van der Waals surface area contributed by atoms with Gasteiger partial charge in [0.15, 0.2) is 11.6 Å². The number of para-hydroxylation sites is 1. The summed E-state index contributed by atoms with van der Waals surface area (Å²) in [6.07, 6.45) is 0. The molecule has 6 aromatic carbocycles. The van der Waals surface area contributed by atoms with Gasteiger partial charge < -0.3 is 0 Å². The molecule has 218 valence electrons. The van der Waals surface area contributed by atoms with E-state index >= 15 is 0 Å². The Labute approximate surface area is 276 Å². The Bertz CT molecular complexity index is 2880. The van der Waals surface area contributed by atoms with Crippen molar-refractivity contribution in [2.24, 2.45) is 0 Å². The average molecular weight is 636 g/mol. The Morgan fingerprint density at radius 1 is 0.511 bits per heavy atom. The van der Waals surface area contributed by atoms with Gasteiger partial charge in [0.1, 0.15) is 0 Å². The zero-order chi connectivity index (χ0) is 31.1. The fraction of sp³-hybridized carbons (Fsp3) is 0. The molecule has 0 spiro atoms. The molecular weight excluding hydrogens is 615 g/mol. The summed E-state index contributed by atoms with van der Waals surface area (Å²) in [5.41, 5.74) is 4.47. The van der Waals surface area contributed by atoms with Gasteiger partial charge in [-0.15, -0.1) is 22.7 Å². The molecule has 0 atom stereocenters. The van der Waals surface area contributed by atoms with Crippen LogP contribution in [0.25, 0.3) is 90.9 Å². The SMILES string of the molecule is N#Cc1ccc(-c2nc(-c3ccccc3)nc(-n3c4ccccc4c4c5sc6ccccc6c5c5sc6ccccc6c5c43)n2)cc1. The van der Waals surface area contributed by atoms with Crippen LogP contribution in [0.1, 0.15) is 5.56 Å². The van der Waals surface area contributed by atoms with E-state index < -0.39 is 0 Å². The van der Waals surface area contributed by atoms with Crippen molar-refractivity contribution in [2.45, 2.75) is 0 Å².